The number of hydrogen-bond donors (Lipinski definition) is 1. The molecule has 92 valence electrons. The van der Waals surface area contributed by atoms with Crippen LogP contribution in [0.25, 0.3) is 11.1 Å². The highest BCUT2D eigenvalue weighted by Crippen LogP contribution is 2.39. The third-order valence-corrected chi connectivity index (χ3v) is 3.04. The summed E-state index contributed by atoms with van der Waals surface area (Å²) in [7, 11) is 0. The van der Waals surface area contributed by atoms with E-state index in [-0.39, 0.29) is 11.3 Å². The highest BCUT2D eigenvalue weighted by atomic mass is 19.2. The lowest BCUT2D eigenvalue weighted by Crippen LogP contribution is -1.93. The minimum atomic E-state index is -0.873. The minimum Gasteiger partial charge on any atom is -0.508 e. The van der Waals surface area contributed by atoms with Crippen molar-refractivity contribution < 1.29 is 18.6 Å². The third kappa shape index (κ3) is 1.61. The van der Waals surface area contributed by atoms with Crippen LogP contribution >= 0.6 is 0 Å². The average Bonchev–Trinajstić information content (AvgIpc) is 2.84. The van der Waals surface area contributed by atoms with Crippen LogP contribution in [0.4, 0.5) is 8.78 Å². The number of phenols is 1. The Labute approximate surface area is 102 Å². The summed E-state index contributed by atoms with van der Waals surface area (Å²) in [5.41, 5.74) is 1.49. The number of ether oxygens (including phenoxy) is 1. The smallest absolute Gasteiger partial charge is 0.165 e. The number of benzene rings is 2. The van der Waals surface area contributed by atoms with Gasteiger partial charge in [0.15, 0.2) is 11.6 Å². The number of fused-ring (bicyclic) bond motifs is 1. The van der Waals surface area contributed by atoms with Crippen LogP contribution in [0.3, 0.4) is 0 Å². The average molecular weight is 248 g/mol. The Morgan fingerprint density at radius 2 is 1.83 bits per heavy atom. The standard InChI is InChI=1S/C14H10F2O2/c15-12-7-11(8-1-3-9(17)4-2-8)14-10(13(12)16)5-6-18-14/h1-4,7,17H,5-6H2. The predicted octanol–water partition coefficient (Wildman–Crippen LogP) is 3.27. The van der Waals surface area contributed by atoms with Gasteiger partial charge < -0.3 is 9.84 Å². The van der Waals surface area contributed by atoms with Crippen molar-refractivity contribution in [3.05, 3.63) is 47.5 Å². The van der Waals surface area contributed by atoms with E-state index in [1.807, 2.05) is 0 Å². The van der Waals surface area contributed by atoms with E-state index in [1.165, 1.54) is 12.1 Å². The molecule has 0 unspecified atom stereocenters. The number of phenolic OH excluding ortho intramolecular Hbond substituents is 1. The van der Waals surface area contributed by atoms with Gasteiger partial charge in [-0.3, -0.25) is 0 Å². The Morgan fingerprint density at radius 1 is 1.11 bits per heavy atom. The summed E-state index contributed by atoms with van der Waals surface area (Å²) in [6, 6.07) is 7.41. The predicted molar refractivity (Wildman–Crippen MR) is 62.7 cm³/mol. The first-order valence-corrected chi connectivity index (χ1v) is 5.60. The van der Waals surface area contributed by atoms with E-state index in [9.17, 15) is 13.9 Å². The van der Waals surface area contributed by atoms with Gasteiger partial charge >= 0.3 is 0 Å². The first-order chi connectivity index (χ1) is 8.66. The highest BCUT2D eigenvalue weighted by Gasteiger charge is 2.24. The monoisotopic (exact) mass is 248 g/mol. The second-order valence-electron chi connectivity index (χ2n) is 4.17. The van der Waals surface area contributed by atoms with Crippen LogP contribution in [0, 0.1) is 11.6 Å². The second kappa shape index (κ2) is 3.98. The zero-order valence-corrected chi connectivity index (χ0v) is 9.41. The van der Waals surface area contributed by atoms with E-state index in [0.717, 1.165) is 6.07 Å². The van der Waals surface area contributed by atoms with Gasteiger partial charge in [0.1, 0.15) is 11.5 Å². The molecule has 0 saturated carbocycles. The molecule has 0 aromatic heterocycles. The molecule has 2 aromatic carbocycles. The Hall–Kier alpha value is -2.10. The quantitative estimate of drug-likeness (QED) is 0.839. The normalized spacial score (nSPS) is 13.2. The van der Waals surface area contributed by atoms with E-state index in [2.05, 4.69) is 0 Å². The van der Waals surface area contributed by atoms with Crippen molar-refractivity contribution in [2.24, 2.45) is 0 Å². The van der Waals surface area contributed by atoms with Crippen LogP contribution in [0.15, 0.2) is 30.3 Å². The lowest BCUT2D eigenvalue weighted by Gasteiger charge is -2.09. The molecule has 1 aliphatic heterocycles. The molecule has 0 amide bonds. The Morgan fingerprint density at radius 3 is 2.56 bits per heavy atom. The maximum Gasteiger partial charge on any atom is 0.165 e. The fraction of sp³-hybridized carbons (Fsp3) is 0.143. The summed E-state index contributed by atoms with van der Waals surface area (Å²) in [6.45, 7) is 0.362. The van der Waals surface area contributed by atoms with E-state index in [4.69, 9.17) is 4.74 Å². The summed E-state index contributed by atoms with van der Waals surface area (Å²) < 4.78 is 32.5. The largest absolute Gasteiger partial charge is 0.508 e. The molecule has 2 nitrogen and oxygen atoms in total. The molecule has 1 N–H and O–H groups in total. The van der Waals surface area contributed by atoms with Crippen LogP contribution in [-0.4, -0.2) is 11.7 Å². The highest BCUT2D eigenvalue weighted by molar-refractivity contribution is 5.73. The summed E-state index contributed by atoms with van der Waals surface area (Å²) in [5, 5.41) is 9.23. The van der Waals surface area contributed by atoms with Crippen molar-refractivity contribution >= 4 is 0 Å². The van der Waals surface area contributed by atoms with Gasteiger partial charge in [0.25, 0.3) is 0 Å². The van der Waals surface area contributed by atoms with Crippen molar-refractivity contribution in [2.45, 2.75) is 6.42 Å². The van der Waals surface area contributed by atoms with Gasteiger partial charge in [-0.15, -0.1) is 0 Å². The summed E-state index contributed by atoms with van der Waals surface area (Å²) in [5.74, 6) is -1.18. The minimum absolute atomic E-state index is 0.124. The van der Waals surface area contributed by atoms with E-state index < -0.39 is 11.6 Å². The van der Waals surface area contributed by atoms with Crippen LogP contribution in [0.5, 0.6) is 11.5 Å². The molecule has 18 heavy (non-hydrogen) atoms. The Kier molecular flexibility index (Phi) is 2.44. The van der Waals surface area contributed by atoms with Crippen molar-refractivity contribution in [3.63, 3.8) is 0 Å². The lowest BCUT2D eigenvalue weighted by atomic mass is 10.0. The van der Waals surface area contributed by atoms with Gasteiger partial charge in [-0.2, -0.15) is 0 Å². The van der Waals surface area contributed by atoms with Gasteiger partial charge in [-0.05, 0) is 23.8 Å². The first-order valence-electron chi connectivity index (χ1n) is 5.60. The molecule has 0 atom stereocenters. The molecule has 0 fully saturated rings. The molecular formula is C14H10F2O2. The number of halogens is 2. The van der Waals surface area contributed by atoms with Crippen molar-refractivity contribution in [3.8, 4) is 22.6 Å². The summed E-state index contributed by atoms with van der Waals surface area (Å²) >= 11 is 0. The van der Waals surface area contributed by atoms with Crippen LogP contribution in [-0.2, 0) is 6.42 Å². The number of rotatable bonds is 1. The van der Waals surface area contributed by atoms with Crippen molar-refractivity contribution in [1.29, 1.82) is 0 Å². The molecule has 0 saturated heterocycles. The SMILES string of the molecule is Oc1ccc(-c2cc(F)c(F)c3c2OCC3)cc1. The first kappa shape index (κ1) is 11.0. The van der Waals surface area contributed by atoms with E-state index >= 15 is 0 Å². The van der Waals surface area contributed by atoms with Crippen LogP contribution in [0.2, 0.25) is 0 Å². The van der Waals surface area contributed by atoms with Gasteiger partial charge in [-0.1, -0.05) is 12.1 Å². The molecule has 3 rings (SSSR count). The molecule has 0 bridgehead atoms. The van der Waals surface area contributed by atoms with Gasteiger partial charge in [-0.25, -0.2) is 8.78 Å². The van der Waals surface area contributed by atoms with Crippen LogP contribution < -0.4 is 4.74 Å². The fourth-order valence-electron chi connectivity index (χ4n) is 2.16. The molecule has 0 spiro atoms. The van der Waals surface area contributed by atoms with Crippen molar-refractivity contribution in [1.82, 2.24) is 0 Å². The van der Waals surface area contributed by atoms with Gasteiger partial charge in [0, 0.05) is 17.5 Å². The molecule has 1 heterocycles. The van der Waals surface area contributed by atoms with Gasteiger partial charge in [0.2, 0.25) is 0 Å². The molecular weight excluding hydrogens is 238 g/mol. The maximum absolute atomic E-state index is 13.6. The van der Waals surface area contributed by atoms with Crippen LogP contribution in [0.1, 0.15) is 5.56 Å². The summed E-state index contributed by atoms with van der Waals surface area (Å²) in [6.07, 6.45) is 0.379. The Bertz CT molecular complexity index is 606. The summed E-state index contributed by atoms with van der Waals surface area (Å²) in [4.78, 5) is 0. The van der Waals surface area contributed by atoms with E-state index in [1.54, 1.807) is 12.1 Å². The number of aromatic hydroxyl groups is 1. The zero-order valence-electron chi connectivity index (χ0n) is 9.41. The van der Waals surface area contributed by atoms with Crippen molar-refractivity contribution in [2.75, 3.05) is 6.61 Å². The fourth-order valence-corrected chi connectivity index (χ4v) is 2.16. The third-order valence-electron chi connectivity index (χ3n) is 3.04. The molecule has 2 aromatic rings. The van der Waals surface area contributed by atoms with E-state index in [0.29, 0.717) is 29.9 Å². The molecule has 4 heteroatoms. The molecule has 0 radical (unpaired) electrons. The maximum atomic E-state index is 13.6. The lowest BCUT2D eigenvalue weighted by molar-refractivity contribution is 0.358. The second-order valence-corrected chi connectivity index (χ2v) is 4.17. The Balaban J connectivity index is 2.21. The molecule has 1 aliphatic rings. The zero-order chi connectivity index (χ0) is 12.7. The van der Waals surface area contributed by atoms with Gasteiger partial charge in [0.05, 0.1) is 6.61 Å². The number of hydrogen-bond acceptors (Lipinski definition) is 2. The topological polar surface area (TPSA) is 29.5 Å². The molecule has 0 aliphatic carbocycles.